The molecule has 2 rings (SSSR count). The number of rotatable bonds is 2. The first-order valence-electron chi connectivity index (χ1n) is 4.95. The first-order chi connectivity index (χ1) is 8.13. The summed E-state index contributed by atoms with van der Waals surface area (Å²) in [5, 5.41) is 9.58. The van der Waals surface area contributed by atoms with Crippen LogP contribution in [0.15, 0.2) is 30.6 Å². The topological polar surface area (TPSA) is 41.6 Å². The van der Waals surface area contributed by atoms with Crippen LogP contribution in [0.3, 0.4) is 0 Å². The molecular formula is C12H9ClFN3. The van der Waals surface area contributed by atoms with Gasteiger partial charge in [-0.25, -0.2) is 9.37 Å². The van der Waals surface area contributed by atoms with Crippen molar-refractivity contribution in [2.24, 2.45) is 7.05 Å². The molecule has 1 heterocycles. The largest absolute Gasteiger partial charge is 0.337 e. The van der Waals surface area contributed by atoms with E-state index in [1.54, 1.807) is 24.0 Å². The van der Waals surface area contributed by atoms with Gasteiger partial charge in [0.1, 0.15) is 17.6 Å². The lowest BCUT2D eigenvalue weighted by molar-refractivity contribution is 0.603. The van der Waals surface area contributed by atoms with Gasteiger partial charge < -0.3 is 4.57 Å². The van der Waals surface area contributed by atoms with Crippen LogP contribution in [0.5, 0.6) is 0 Å². The Hall–Kier alpha value is -1.86. The van der Waals surface area contributed by atoms with Gasteiger partial charge in [0.15, 0.2) is 0 Å². The molecule has 0 aliphatic carbocycles. The summed E-state index contributed by atoms with van der Waals surface area (Å²) in [6.45, 7) is 0. The van der Waals surface area contributed by atoms with Crippen molar-refractivity contribution in [3.63, 3.8) is 0 Å². The van der Waals surface area contributed by atoms with E-state index in [0.717, 1.165) is 0 Å². The lowest BCUT2D eigenvalue weighted by Crippen LogP contribution is -2.07. The fraction of sp³-hybridized carbons (Fsp3) is 0.167. The van der Waals surface area contributed by atoms with Crippen LogP contribution in [0.2, 0.25) is 5.02 Å². The van der Waals surface area contributed by atoms with Crippen molar-refractivity contribution < 1.29 is 4.39 Å². The second-order valence-electron chi connectivity index (χ2n) is 3.62. The maximum atomic E-state index is 13.7. The zero-order valence-corrected chi connectivity index (χ0v) is 9.82. The van der Waals surface area contributed by atoms with E-state index in [9.17, 15) is 9.65 Å². The summed E-state index contributed by atoms with van der Waals surface area (Å²) >= 11 is 5.82. The van der Waals surface area contributed by atoms with E-state index < -0.39 is 11.7 Å². The van der Waals surface area contributed by atoms with Gasteiger partial charge in [0.25, 0.3) is 0 Å². The van der Waals surface area contributed by atoms with Crippen LogP contribution in [-0.4, -0.2) is 9.55 Å². The van der Waals surface area contributed by atoms with E-state index >= 15 is 0 Å². The molecule has 0 amide bonds. The number of benzene rings is 1. The standard InChI is InChI=1S/C12H9ClFN3/c1-17-5-4-16-12(17)10(7-15)9-6-8(13)2-3-11(9)14/h2-6,10H,1H3. The third-order valence-corrected chi connectivity index (χ3v) is 2.75. The molecule has 0 radical (unpaired) electrons. The van der Waals surface area contributed by atoms with E-state index in [1.165, 1.54) is 18.2 Å². The number of halogens is 2. The molecule has 5 heteroatoms. The summed E-state index contributed by atoms with van der Waals surface area (Å²) in [6.07, 6.45) is 3.28. The Balaban J connectivity index is 2.54. The molecule has 3 nitrogen and oxygen atoms in total. The van der Waals surface area contributed by atoms with Gasteiger partial charge in [0.05, 0.1) is 6.07 Å². The normalized spacial score (nSPS) is 12.1. The van der Waals surface area contributed by atoms with Crippen molar-refractivity contribution >= 4 is 11.6 Å². The minimum Gasteiger partial charge on any atom is -0.337 e. The lowest BCUT2D eigenvalue weighted by atomic mass is 9.99. The molecule has 0 fully saturated rings. The van der Waals surface area contributed by atoms with E-state index in [2.05, 4.69) is 4.98 Å². The number of aromatic nitrogens is 2. The summed E-state index contributed by atoms with van der Waals surface area (Å²) in [5.41, 5.74) is 0.245. The summed E-state index contributed by atoms with van der Waals surface area (Å²) in [6, 6.07) is 6.21. The Labute approximate surface area is 103 Å². The SMILES string of the molecule is Cn1ccnc1C(C#N)c1cc(Cl)ccc1F. The second-order valence-corrected chi connectivity index (χ2v) is 4.06. The number of aryl methyl sites for hydroxylation is 1. The van der Waals surface area contributed by atoms with Crippen molar-refractivity contribution in [2.75, 3.05) is 0 Å². The average molecular weight is 250 g/mol. The molecule has 0 saturated heterocycles. The third kappa shape index (κ3) is 2.15. The van der Waals surface area contributed by atoms with Crippen molar-refractivity contribution in [3.8, 4) is 6.07 Å². The van der Waals surface area contributed by atoms with Crippen LogP contribution in [0.4, 0.5) is 4.39 Å². The van der Waals surface area contributed by atoms with Gasteiger partial charge >= 0.3 is 0 Å². The Morgan fingerprint density at radius 3 is 2.88 bits per heavy atom. The molecule has 17 heavy (non-hydrogen) atoms. The summed E-state index contributed by atoms with van der Waals surface area (Å²) < 4.78 is 15.4. The van der Waals surface area contributed by atoms with Crippen molar-refractivity contribution in [3.05, 3.63) is 52.8 Å². The van der Waals surface area contributed by atoms with Crippen LogP contribution in [0.1, 0.15) is 17.3 Å². The first kappa shape index (κ1) is 11.6. The summed E-state index contributed by atoms with van der Waals surface area (Å²) in [7, 11) is 1.76. The third-order valence-electron chi connectivity index (χ3n) is 2.51. The maximum Gasteiger partial charge on any atom is 0.132 e. The zero-order chi connectivity index (χ0) is 12.4. The van der Waals surface area contributed by atoms with E-state index in [1.807, 2.05) is 6.07 Å². The average Bonchev–Trinajstić information content (AvgIpc) is 2.71. The van der Waals surface area contributed by atoms with E-state index in [4.69, 9.17) is 11.6 Å². The molecule has 0 saturated carbocycles. The number of hydrogen-bond acceptors (Lipinski definition) is 2. The Morgan fingerprint density at radius 1 is 1.53 bits per heavy atom. The number of nitrogens with zero attached hydrogens (tertiary/aromatic N) is 3. The molecule has 0 spiro atoms. The second kappa shape index (κ2) is 4.56. The molecular weight excluding hydrogens is 241 g/mol. The van der Waals surface area contributed by atoms with E-state index in [0.29, 0.717) is 10.8 Å². The van der Waals surface area contributed by atoms with Crippen LogP contribution in [0.25, 0.3) is 0 Å². The highest BCUT2D eigenvalue weighted by Crippen LogP contribution is 2.27. The van der Waals surface area contributed by atoms with Gasteiger partial charge in [-0.3, -0.25) is 0 Å². The zero-order valence-electron chi connectivity index (χ0n) is 9.06. The van der Waals surface area contributed by atoms with Crippen molar-refractivity contribution in [2.45, 2.75) is 5.92 Å². The van der Waals surface area contributed by atoms with Crippen molar-refractivity contribution in [1.29, 1.82) is 5.26 Å². The molecule has 1 aromatic carbocycles. The van der Waals surface area contributed by atoms with Gasteiger partial charge in [0.2, 0.25) is 0 Å². The van der Waals surface area contributed by atoms with Gasteiger partial charge in [-0.1, -0.05) is 11.6 Å². The summed E-state index contributed by atoms with van der Waals surface area (Å²) in [5.74, 6) is -0.716. The Morgan fingerprint density at radius 2 is 2.29 bits per heavy atom. The minimum absolute atomic E-state index is 0.245. The molecule has 0 N–H and O–H groups in total. The van der Waals surface area contributed by atoms with Crippen LogP contribution >= 0.6 is 11.6 Å². The van der Waals surface area contributed by atoms with Gasteiger partial charge in [-0.2, -0.15) is 5.26 Å². The number of imidazole rings is 1. The van der Waals surface area contributed by atoms with Crippen LogP contribution in [0, 0.1) is 17.1 Å². The quantitative estimate of drug-likeness (QED) is 0.821. The Bertz CT molecular complexity index is 586. The fourth-order valence-electron chi connectivity index (χ4n) is 1.66. The number of hydrogen-bond donors (Lipinski definition) is 0. The lowest BCUT2D eigenvalue weighted by Gasteiger charge is -2.10. The maximum absolute atomic E-state index is 13.7. The van der Waals surface area contributed by atoms with Gasteiger partial charge in [0, 0.05) is 30.0 Å². The van der Waals surface area contributed by atoms with Gasteiger partial charge in [-0.15, -0.1) is 0 Å². The molecule has 0 aliphatic rings. The fourth-order valence-corrected chi connectivity index (χ4v) is 1.84. The predicted molar refractivity (Wildman–Crippen MR) is 62.1 cm³/mol. The molecule has 0 aliphatic heterocycles. The highest BCUT2D eigenvalue weighted by molar-refractivity contribution is 6.30. The molecule has 86 valence electrons. The minimum atomic E-state index is -0.756. The molecule has 1 aromatic heterocycles. The molecule has 0 bridgehead atoms. The molecule has 1 atom stereocenters. The smallest absolute Gasteiger partial charge is 0.132 e. The predicted octanol–water partition coefficient (Wildman–Crippen LogP) is 2.87. The van der Waals surface area contributed by atoms with Crippen molar-refractivity contribution in [1.82, 2.24) is 9.55 Å². The van der Waals surface area contributed by atoms with Gasteiger partial charge in [-0.05, 0) is 18.2 Å². The first-order valence-corrected chi connectivity index (χ1v) is 5.33. The summed E-state index contributed by atoms with van der Waals surface area (Å²) in [4.78, 5) is 4.06. The van der Waals surface area contributed by atoms with Crippen LogP contribution in [-0.2, 0) is 7.05 Å². The highest BCUT2D eigenvalue weighted by Gasteiger charge is 2.21. The van der Waals surface area contributed by atoms with Crippen LogP contribution < -0.4 is 0 Å². The molecule has 2 aromatic rings. The van der Waals surface area contributed by atoms with E-state index in [-0.39, 0.29) is 5.56 Å². The number of nitriles is 1. The highest BCUT2D eigenvalue weighted by atomic mass is 35.5. The molecule has 1 unspecified atom stereocenters. The monoisotopic (exact) mass is 249 g/mol. The Kier molecular flexibility index (Phi) is 3.12.